The molecule has 23 heavy (non-hydrogen) atoms. The van der Waals surface area contributed by atoms with Crippen LogP contribution in [0.3, 0.4) is 0 Å². The number of aromatic nitrogens is 1. The van der Waals surface area contributed by atoms with Crippen molar-refractivity contribution >= 4 is 0 Å². The molecule has 2 aromatic rings. The van der Waals surface area contributed by atoms with Gasteiger partial charge in [-0.25, -0.2) is 0 Å². The summed E-state index contributed by atoms with van der Waals surface area (Å²) in [7, 11) is 0. The van der Waals surface area contributed by atoms with Gasteiger partial charge in [-0.3, -0.25) is 0 Å². The summed E-state index contributed by atoms with van der Waals surface area (Å²) in [6, 6.07) is 12.4. The van der Waals surface area contributed by atoms with Crippen molar-refractivity contribution in [2.24, 2.45) is 0 Å². The lowest BCUT2D eigenvalue weighted by Gasteiger charge is -2.46. The van der Waals surface area contributed by atoms with Crippen molar-refractivity contribution in [3.63, 3.8) is 0 Å². The lowest BCUT2D eigenvalue weighted by Crippen LogP contribution is -2.65. The third-order valence-electron chi connectivity index (χ3n) is 4.62. The van der Waals surface area contributed by atoms with Crippen LogP contribution >= 0.6 is 0 Å². The van der Waals surface area contributed by atoms with Crippen molar-refractivity contribution in [1.29, 1.82) is 0 Å². The highest BCUT2D eigenvalue weighted by molar-refractivity contribution is 5.21. The van der Waals surface area contributed by atoms with Gasteiger partial charge in [0, 0.05) is 18.5 Å². The maximum Gasteiger partial charge on any atom is 0.174 e. The van der Waals surface area contributed by atoms with E-state index in [2.05, 4.69) is 10.5 Å². The first-order chi connectivity index (χ1) is 11.3. The third-order valence-corrected chi connectivity index (χ3v) is 4.62. The molecular formula is C18H22N2O3. The summed E-state index contributed by atoms with van der Waals surface area (Å²) in [4.78, 5) is 0. The van der Waals surface area contributed by atoms with Gasteiger partial charge in [-0.2, -0.15) is 0 Å². The van der Waals surface area contributed by atoms with E-state index in [0.717, 1.165) is 36.8 Å². The average Bonchev–Trinajstić information content (AvgIpc) is 2.94. The zero-order chi connectivity index (χ0) is 15.5. The van der Waals surface area contributed by atoms with Gasteiger partial charge in [0.25, 0.3) is 0 Å². The van der Waals surface area contributed by atoms with Crippen LogP contribution in [0.5, 0.6) is 5.75 Å². The minimum Gasteiger partial charge on any atom is -0.486 e. The van der Waals surface area contributed by atoms with E-state index in [1.165, 1.54) is 19.3 Å². The third kappa shape index (κ3) is 3.41. The van der Waals surface area contributed by atoms with Crippen molar-refractivity contribution in [2.45, 2.75) is 43.9 Å². The van der Waals surface area contributed by atoms with Gasteiger partial charge in [0.05, 0.1) is 24.4 Å². The number of nitrogens with one attached hydrogen (secondary N) is 1. The van der Waals surface area contributed by atoms with Crippen molar-refractivity contribution in [1.82, 2.24) is 10.5 Å². The van der Waals surface area contributed by atoms with Crippen LogP contribution < -0.4 is 10.1 Å². The summed E-state index contributed by atoms with van der Waals surface area (Å²) in [5.41, 5.74) is 1.01. The van der Waals surface area contributed by atoms with Gasteiger partial charge in [-0.1, -0.05) is 29.8 Å². The van der Waals surface area contributed by atoms with Crippen molar-refractivity contribution < 1.29 is 14.0 Å². The van der Waals surface area contributed by atoms with Gasteiger partial charge < -0.3 is 19.3 Å². The van der Waals surface area contributed by atoms with E-state index in [1.807, 2.05) is 36.4 Å². The second-order valence-corrected chi connectivity index (χ2v) is 6.61. The molecule has 0 spiro atoms. The lowest BCUT2D eigenvalue weighted by molar-refractivity contribution is -0.0838. The first-order valence-electron chi connectivity index (χ1n) is 8.29. The molecular weight excluding hydrogens is 292 g/mol. The Morgan fingerprint density at radius 1 is 1.22 bits per heavy atom. The molecule has 2 fully saturated rings. The number of nitrogens with zero attached hydrogens (tertiary/aromatic N) is 1. The smallest absolute Gasteiger partial charge is 0.174 e. The van der Waals surface area contributed by atoms with Crippen LogP contribution in [-0.4, -0.2) is 30.0 Å². The van der Waals surface area contributed by atoms with Gasteiger partial charge >= 0.3 is 0 Å². The summed E-state index contributed by atoms with van der Waals surface area (Å²) in [6.45, 7) is 1.91. The minimum atomic E-state index is 0.0412. The van der Waals surface area contributed by atoms with Crippen LogP contribution in [0.2, 0.25) is 0 Å². The van der Waals surface area contributed by atoms with Gasteiger partial charge in [-0.05, 0) is 25.0 Å². The van der Waals surface area contributed by atoms with Crippen LogP contribution in [-0.2, 0) is 17.8 Å². The Hall–Kier alpha value is -1.85. The molecule has 0 bridgehead atoms. The summed E-state index contributed by atoms with van der Waals surface area (Å²) < 4.78 is 16.5. The normalized spacial score (nSPS) is 19.8. The fourth-order valence-corrected chi connectivity index (χ4v) is 3.10. The first kappa shape index (κ1) is 14.7. The number of hydrogen-bond donors (Lipinski definition) is 1. The SMILES string of the molecule is c1ccc(OCc2cc(CC3(NC4CCC4)COC3)no2)cc1. The lowest BCUT2D eigenvalue weighted by atomic mass is 9.85. The molecule has 1 saturated carbocycles. The Bertz CT molecular complexity index is 633. The van der Waals surface area contributed by atoms with Gasteiger partial charge in [0.2, 0.25) is 0 Å². The number of para-hydroxylation sites is 1. The molecule has 0 unspecified atom stereocenters. The summed E-state index contributed by atoms with van der Waals surface area (Å²) in [5, 5.41) is 7.94. The van der Waals surface area contributed by atoms with Crippen molar-refractivity contribution in [2.75, 3.05) is 13.2 Å². The predicted octanol–water partition coefficient (Wildman–Crippen LogP) is 2.71. The second-order valence-electron chi connectivity index (χ2n) is 6.61. The Balaban J connectivity index is 1.34. The summed E-state index contributed by atoms with van der Waals surface area (Å²) >= 11 is 0. The van der Waals surface area contributed by atoms with Gasteiger partial charge in [-0.15, -0.1) is 0 Å². The molecule has 1 aliphatic carbocycles. The number of hydrogen-bond acceptors (Lipinski definition) is 5. The monoisotopic (exact) mass is 314 g/mol. The molecule has 0 atom stereocenters. The number of benzene rings is 1. The molecule has 1 saturated heterocycles. The Kier molecular flexibility index (Phi) is 4.06. The topological polar surface area (TPSA) is 56.5 Å². The minimum absolute atomic E-state index is 0.0412. The Morgan fingerprint density at radius 3 is 2.70 bits per heavy atom. The van der Waals surface area contributed by atoms with E-state index in [9.17, 15) is 0 Å². The quantitative estimate of drug-likeness (QED) is 0.851. The van der Waals surface area contributed by atoms with Crippen molar-refractivity contribution in [3.8, 4) is 5.75 Å². The molecule has 2 aliphatic rings. The summed E-state index contributed by atoms with van der Waals surface area (Å²) in [6.07, 6.45) is 4.73. The fraction of sp³-hybridized carbons (Fsp3) is 0.500. The van der Waals surface area contributed by atoms with E-state index < -0.39 is 0 Å². The molecule has 4 rings (SSSR count). The van der Waals surface area contributed by atoms with Crippen LogP contribution in [0.25, 0.3) is 0 Å². The van der Waals surface area contributed by atoms with Gasteiger partial charge in [0.1, 0.15) is 12.4 Å². The Morgan fingerprint density at radius 2 is 2.04 bits per heavy atom. The molecule has 1 aromatic carbocycles. The maximum atomic E-state index is 5.69. The molecule has 1 aromatic heterocycles. The Labute approximate surface area is 136 Å². The molecule has 1 N–H and O–H groups in total. The zero-order valence-corrected chi connectivity index (χ0v) is 13.2. The standard InChI is InChI=1S/C18H22N2O3/c1-2-7-16(8-3-1)22-11-17-9-15(20-23-17)10-18(12-21-13-18)19-14-5-4-6-14/h1-3,7-9,14,19H,4-6,10-13H2. The molecule has 0 amide bonds. The summed E-state index contributed by atoms with van der Waals surface area (Å²) in [5.74, 6) is 1.59. The molecule has 122 valence electrons. The number of ether oxygens (including phenoxy) is 2. The van der Waals surface area contributed by atoms with Crippen LogP contribution in [0.1, 0.15) is 30.7 Å². The van der Waals surface area contributed by atoms with Crippen LogP contribution in [0.15, 0.2) is 40.9 Å². The second kappa shape index (κ2) is 6.34. The highest BCUT2D eigenvalue weighted by atomic mass is 16.5. The maximum absolute atomic E-state index is 5.69. The van der Waals surface area contributed by atoms with Gasteiger partial charge in [0.15, 0.2) is 5.76 Å². The fourth-order valence-electron chi connectivity index (χ4n) is 3.10. The molecule has 2 heterocycles. The van der Waals surface area contributed by atoms with Crippen LogP contribution in [0.4, 0.5) is 0 Å². The largest absolute Gasteiger partial charge is 0.486 e. The molecule has 0 radical (unpaired) electrons. The predicted molar refractivity (Wildman–Crippen MR) is 85.3 cm³/mol. The zero-order valence-electron chi connectivity index (χ0n) is 13.2. The first-order valence-corrected chi connectivity index (χ1v) is 8.29. The van der Waals surface area contributed by atoms with E-state index in [0.29, 0.717) is 12.6 Å². The van der Waals surface area contributed by atoms with E-state index >= 15 is 0 Å². The highest BCUT2D eigenvalue weighted by Gasteiger charge is 2.41. The van der Waals surface area contributed by atoms with Crippen molar-refractivity contribution in [3.05, 3.63) is 47.9 Å². The average molecular weight is 314 g/mol. The molecule has 1 aliphatic heterocycles. The highest BCUT2D eigenvalue weighted by Crippen LogP contribution is 2.28. The van der Waals surface area contributed by atoms with Crippen LogP contribution in [0, 0.1) is 0 Å². The van der Waals surface area contributed by atoms with E-state index in [4.69, 9.17) is 14.0 Å². The number of rotatable bonds is 7. The molecule has 5 heteroatoms. The van der Waals surface area contributed by atoms with E-state index in [1.54, 1.807) is 0 Å². The van der Waals surface area contributed by atoms with E-state index in [-0.39, 0.29) is 5.54 Å². The molecule has 5 nitrogen and oxygen atoms in total.